The Balaban J connectivity index is 1.42. The van der Waals surface area contributed by atoms with Crippen LogP contribution in [0, 0.1) is 34.5 Å². The van der Waals surface area contributed by atoms with Crippen molar-refractivity contribution in [1.82, 2.24) is 0 Å². The Morgan fingerprint density at radius 3 is 2.29 bits per heavy atom. The fraction of sp³-hybridized carbons (Fsp3) is 0.667. The summed E-state index contributed by atoms with van der Waals surface area (Å²) in [5.74, 6) is 2.25. The van der Waals surface area contributed by atoms with Gasteiger partial charge in [0.1, 0.15) is 12.2 Å². The van der Waals surface area contributed by atoms with Crippen LogP contribution < -0.4 is 0 Å². The molecule has 0 aliphatic heterocycles. The van der Waals surface area contributed by atoms with E-state index in [0.29, 0.717) is 29.1 Å². The first-order valence-electron chi connectivity index (χ1n) is 13.3. The van der Waals surface area contributed by atoms with Crippen LogP contribution in [0.1, 0.15) is 84.6 Å². The lowest BCUT2D eigenvalue weighted by Crippen LogP contribution is -2.54. The molecule has 1 aromatic carbocycles. The van der Waals surface area contributed by atoms with Gasteiger partial charge in [-0.05, 0) is 91.6 Å². The number of carbonyl (C=O) groups is 2. The van der Waals surface area contributed by atoms with Gasteiger partial charge >= 0.3 is 11.9 Å². The van der Waals surface area contributed by atoms with E-state index in [2.05, 4.69) is 44.2 Å². The highest BCUT2D eigenvalue weighted by atomic mass is 16.5. The van der Waals surface area contributed by atoms with Crippen molar-refractivity contribution in [3.05, 3.63) is 41.5 Å². The third-order valence-corrected chi connectivity index (χ3v) is 10.2. The van der Waals surface area contributed by atoms with Crippen LogP contribution in [-0.4, -0.2) is 24.1 Å². The van der Waals surface area contributed by atoms with Crippen LogP contribution in [0.2, 0.25) is 0 Å². The first-order valence-corrected chi connectivity index (χ1v) is 13.3. The summed E-state index contributed by atoms with van der Waals surface area (Å²) in [7, 11) is 0. The van der Waals surface area contributed by atoms with E-state index >= 15 is 0 Å². The summed E-state index contributed by atoms with van der Waals surface area (Å²) in [6.07, 6.45) is 11.2. The van der Waals surface area contributed by atoms with Crippen molar-refractivity contribution in [3.8, 4) is 0 Å². The van der Waals surface area contributed by atoms with Crippen LogP contribution in [0.4, 0.5) is 0 Å². The van der Waals surface area contributed by atoms with E-state index in [0.717, 1.165) is 32.1 Å². The average molecular weight is 465 g/mol. The molecule has 4 fully saturated rings. The highest BCUT2D eigenvalue weighted by molar-refractivity contribution is 5.67. The van der Waals surface area contributed by atoms with Gasteiger partial charge in [-0.15, -0.1) is 0 Å². The maximum Gasteiger partial charge on any atom is 0.303 e. The van der Waals surface area contributed by atoms with Crippen LogP contribution in [0.25, 0.3) is 6.08 Å². The molecule has 4 aliphatic rings. The van der Waals surface area contributed by atoms with Gasteiger partial charge < -0.3 is 9.47 Å². The summed E-state index contributed by atoms with van der Waals surface area (Å²) < 4.78 is 11.7. The number of benzene rings is 1. The minimum Gasteiger partial charge on any atom is -0.463 e. The summed E-state index contributed by atoms with van der Waals surface area (Å²) in [6.45, 7) is 8.00. The number of ether oxygens (including phenoxy) is 2. The molecule has 0 N–H and O–H groups in total. The topological polar surface area (TPSA) is 52.6 Å². The van der Waals surface area contributed by atoms with E-state index in [9.17, 15) is 9.59 Å². The lowest BCUT2D eigenvalue weighted by Gasteiger charge is -2.60. The molecule has 0 saturated heterocycles. The Kier molecular flexibility index (Phi) is 6.14. The molecule has 0 spiro atoms. The summed E-state index contributed by atoms with van der Waals surface area (Å²) in [4.78, 5) is 23.7. The van der Waals surface area contributed by atoms with E-state index in [1.807, 2.05) is 6.07 Å². The quantitative estimate of drug-likeness (QED) is 0.474. The van der Waals surface area contributed by atoms with Crippen molar-refractivity contribution in [2.45, 2.75) is 91.3 Å². The number of hydrogen-bond acceptors (Lipinski definition) is 4. The van der Waals surface area contributed by atoms with Crippen molar-refractivity contribution in [1.29, 1.82) is 0 Å². The van der Waals surface area contributed by atoms with Crippen LogP contribution >= 0.6 is 0 Å². The normalized spacial score (nSPS) is 42.3. The third kappa shape index (κ3) is 4.01. The molecule has 8 atom stereocenters. The number of esters is 2. The summed E-state index contributed by atoms with van der Waals surface area (Å²) in [5, 5.41) is 0. The van der Waals surface area contributed by atoms with Gasteiger partial charge in [-0.1, -0.05) is 50.3 Å². The highest BCUT2D eigenvalue weighted by Gasteiger charge is 2.62. The van der Waals surface area contributed by atoms with Crippen LogP contribution in [0.3, 0.4) is 0 Å². The minimum atomic E-state index is -0.174. The predicted octanol–water partition coefficient (Wildman–Crippen LogP) is 6.59. The smallest absolute Gasteiger partial charge is 0.303 e. The Labute approximate surface area is 204 Å². The summed E-state index contributed by atoms with van der Waals surface area (Å²) in [6, 6.07) is 10.5. The number of carbonyl (C=O) groups excluding carboxylic acids is 2. The first-order chi connectivity index (χ1) is 16.2. The summed E-state index contributed by atoms with van der Waals surface area (Å²) >= 11 is 0. The molecule has 184 valence electrons. The number of hydrogen-bond donors (Lipinski definition) is 0. The average Bonchev–Trinajstić information content (AvgIpc) is 3.05. The Hall–Kier alpha value is -2.10. The van der Waals surface area contributed by atoms with Gasteiger partial charge in [0.2, 0.25) is 0 Å². The second kappa shape index (κ2) is 8.84. The predicted molar refractivity (Wildman–Crippen MR) is 133 cm³/mol. The van der Waals surface area contributed by atoms with Crippen molar-refractivity contribution in [2.24, 2.45) is 34.5 Å². The van der Waals surface area contributed by atoms with Crippen molar-refractivity contribution in [3.63, 3.8) is 0 Å². The Morgan fingerprint density at radius 1 is 0.882 bits per heavy atom. The maximum atomic E-state index is 12.2. The van der Waals surface area contributed by atoms with Crippen molar-refractivity contribution < 1.29 is 19.1 Å². The zero-order valence-electron chi connectivity index (χ0n) is 21.2. The highest BCUT2D eigenvalue weighted by Crippen LogP contribution is 2.67. The van der Waals surface area contributed by atoms with Gasteiger partial charge in [0.25, 0.3) is 0 Å². The molecule has 4 nitrogen and oxygen atoms in total. The van der Waals surface area contributed by atoms with E-state index in [1.54, 1.807) is 6.92 Å². The van der Waals surface area contributed by atoms with Gasteiger partial charge in [0, 0.05) is 19.3 Å². The van der Waals surface area contributed by atoms with E-state index in [1.165, 1.54) is 37.3 Å². The lowest BCUT2D eigenvalue weighted by molar-refractivity contribution is -0.166. The zero-order valence-corrected chi connectivity index (χ0v) is 21.2. The Morgan fingerprint density at radius 2 is 1.59 bits per heavy atom. The van der Waals surface area contributed by atoms with Crippen LogP contribution in [-0.2, 0) is 19.1 Å². The van der Waals surface area contributed by atoms with Gasteiger partial charge in [0.15, 0.2) is 0 Å². The van der Waals surface area contributed by atoms with Gasteiger partial charge in [-0.3, -0.25) is 9.59 Å². The van der Waals surface area contributed by atoms with Crippen LogP contribution in [0.15, 0.2) is 35.9 Å². The van der Waals surface area contributed by atoms with Crippen molar-refractivity contribution in [2.75, 3.05) is 0 Å². The molecule has 5 rings (SSSR count). The fourth-order valence-corrected chi connectivity index (χ4v) is 8.68. The molecule has 0 radical (unpaired) electrons. The fourth-order valence-electron chi connectivity index (χ4n) is 8.68. The standard InChI is InChI=1S/C30H40O4/c1-19(31)33-24-12-14-29(3)23(18-24)10-11-25-26(29)13-15-30(4)27(25)17-22(28(30)34-20(2)32)16-21-8-6-5-7-9-21/h5-9,16,23-28H,10-15,17-18H2,1-4H3/b22-16+/t23-,24+,25-,26+,27-,28+,29-,30-/m0/s1. The first kappa shape index (κ1) is 23.6. The van der Waals surface area contributed by atoms with Crippen LogP contribution in [0.5, 0.6) is 0 Å². The molecule has 0 amide bonds. The largest absolute Gasteiger partial charge is 0.463 e. The van der Waals surface area contributed by atoms with E-state index in [-0.39, 0.29) is 29.6 Å². The molecule has 0 heterocycles. The van der Waals surface area contributed by atoms with Crippen molar-refractivity contribution >= 4 is 18.0 Å². The molecule has 0 bridgehead atoms. The zero-order chi connectivity index (χ0) is 24.1. The van der Waals surface area contributed by atoms with E-state index in [4.69, 9.17) is 9.47 Å². The number of fused-ring (bicyclic) bond motifs is 5. The molecule has 4 saturated carbocycles. The SMILES string of the molecule is CC(=O)O[C@@H]1CC[C@@]2(C)[C@@H](CC[C@H]3[C@H]2CC[C@]2(C)[C@H](OC(C)=O)/C(=C/c4ccccc4)C[C@@H]32)C1. The van der Waals surface area contributed by atoms with Gasteiger partial charge in [-0.25, -0.2) is 0 Å². The van der Waals surface area contributed by atoms with E-state index < -0.39 is 0 Å². The lowest BCUT2D eigenvalue weighted by atomic mass is 9.45. The number of rotatable bonds is 3. The molecular formula is C30H40O4. The van der Waals surface area contributed by atoms with Gasteiger partial charge in [0.05, 0.1) is 0 Å². The molecular weight excluding hydrogens is 424 g/mol. The van der Waals surface area contributed by atoms with Gasteiger partial charge in [-0.2, -0.15) is 0 Å². The minimum absolute atomic E-state index is 0.00555. The molecule has 4 aliphatic carbocycles. The monoisotopic (exact) mass is 464 g/mol. The third-order valence-electron chi connectivity index (χ3n) is 10.2. The second-order valence-corrected chi connectivity index (χ2v) is 12.0. The molecule has 0 aromatic heterocycles. The maximum absolute atomic E-state index is 12.2. The Bertz CT molecular complexity index is 967. The second-order valence-electron chi connectivity index (χ2n) is 12.0. The molecule has 34 heavy (non-hydrogen) atoms. The molecule has 1 aromatic rings. The molecule has 0 unspecified atom stereocenters. The molecule has 4 heteroatoms. The summed E-state index contributed by atoms with van der Waals surface area (Å²) in [5.41, 5.74) is 2.81.